The minimum absolute atomic E-state index is 0.0482. The first-order chi connectivity index (χ1) is 11.1. The summed E-state index contributed by atoms with van der Waals surface area (Å²) in [4.78, 5) is 16.6. The van der Waals surface area contributed by atoms with Crippen molar-refractivity contribution in [1.82, 2.24) is 9.99 Å². The van der Waals surface area contributed by atoms with Crippen LogP contribution < -0.4 is 0 Å². The Morgan fingerprint density at radius 1 is 1.17 bits per heavy atom. The van der Waals surface area contributed by atoms with Crippen molar-refractivity contribution in [2.75, 3.05) is 0 Å². The maximum atomic E-state index is 12.6. The molecule has 1 amide bonds. The summed E-state index contributed by atoms with van der Waals surface area (Å²) in [6.07, 6.45) is 4.10. The Bertz CT molecular complexity index is 728. The quantitative estimate of drug-likeness (QED) is 0.853. The number of amides is 1. The molecule has 2 atom stereocenters. The summed E-state index contributed by atoms with van der Waals surface area (Å²) < 4.78 is 0. The SMILES string of the molecule is CC1CC(c2ccc(Cl)cc2)=NN(C(C)c2ccncc2)C1=O. The van der Waals surface area contributed by atoms with Gasteiger partial charge in [0.2, 0.25) is 5.91 Å². The number of aromatic nitrogens is 1. The molecule has 0 saturated carbocycles. The standard InChI is InChI=1S/C18H18ClN3O/c1-12-11-17(15-3-5-16(19)6-4-15)21-22(18(12)23)13(2)14-7-9-20-10-8-14/h3-10,12-13H,11H2,1-2H3. The Hall–Kier alpha value is -2.20. The molecular weight excluding hydrogens is 310 g/mol. The molecular formula is C18H18ClN3O. The van der Waals surface area contributed by atoms with Gasteiger partial charge in [-0.1, -0.05) is 30.7 Å². The summed E-state index contributed by atoms with van der Waals surface area (Å²) in [5, 5.41) is 6.91. The maximum Gasteiger partial charge on any atom is 0.246 e. The van der Waals surface area contributed by atoms with Crippen LogP contribution in [0.1, 0.15) is 37.4 Å². The van der Waals surface area contributed by atoms with Gasteiger partial charge >= 0.3 is 0 Å². The fourth-order valence-corrected chi connectivity index (χ4v) is 2.83. The van der Waals surface area contributed by atoms with E-state index in [4.69, 9.17) is 11.6 Å². The number of nitrogens with zero attached hydrogens (tertiary/aromatic N) is 3. The third-order valence-corrected chi connectivity index (χ3v) is 4.36. The highest BCUT2D eigenvalue weighted by Gasteiger charge is 2.31. The highest BCUT2D eigenvalue weighted by Crippen LogP contribution is 2.28. The summed E-state index contributed by atoms with van der Waals surface area (Å²) in [5.41, 5.74) is 2.93. The topological polar surface area (TPSA) is 45.6 Å². The van der Waals surface area contributed by atoms with E-state index < -0.39 is 0 Å². The Morgan fingerprint density at radius 3 is 2.48 bits per heavy atom. The molecule has 0 saturated heterocycles. The number of carbonyl (C=O) groups excluding carboxylic acids is 1. The van der Waals surface area contributed by atoms with Crippen molar-refractivity contribution in [3.8, 4) is 0 Å². The van der Waals surface area contributed by atoms with Crippen molar-refractivity contribution in [1.29, 1.82) is 0 Å². The smallest absolute Gasteiger partial charge is 0.246 e. The third kappa shape index (κ3) is 3.27. The van der Waals surface area contributed by atoms with Crippen molar-refractivity contribution in [3.05, 3.63) is 64.9 Å². The lowest BCUT2D eigenvalue weighted by Crippen LogP contribution is -2.39. The molecule has 2 unspecified atom stereocenters. The average Bonchev–Trinajstić information content (AvgIpc) is 2.58. The van der Waals surface area contributed by atoms with Crippen LogP contribution in [0.4, 0.5) is 0 Å². The zero-order chi connectivity index (χ0) is 16.4. The van der Waals surface area contributed by atoms with E-state index in [1.54, 1.807) is 17.4 Å². The van der Waals surface area contributed by atoms with Crippen molar-refractivity contribution in [2.24, 2.45) is 11.0 Å². The van der Waals surface area contributed by atoms with Crippen LogP contribution in [0.3, 0.4) is 0 Å². The third-order valence-electron chi connectivity index (χ3n) is 4.11. The minimum Gasteiger partial charge on any atom is -0.273 e. The number of rotatable bonds is 3. The number of hydrazone groups is 1. The lowest BCUT2D eigenvalue weighted by Gasteiger charge is -2.32. The largest absolute Gasteiger partial charge is 0.273 e. The van der Waals surface area contributed by atoms with E-state index in [-0.39, 0.29) is 17.9 Å². The highest BCUT2D eigenvalue weighted by atomic mass is 35.5. The van der Waals surface area contributed by atoms with Crippen LogP contribution in [-0.4, -0.2) is 21.6 Å². The van der Waals surface area contributed by atoms with E-state index in [0.29, 0.717) is 11.4 Å². The molecule has 0 N–H and O–H groups in total. The average molecular weight is 328 g/mol. The number of halogens is 1. The van der Waals surface area contributed by atoms with Gasteiger partial charge in [0.25, 0.3) is 0 Å². The summed E-state index contributed by atoms with van der Waals surface area (Å²) in [5.74, 6) is -0.0468. The van der Waals surface area contributed by atoms with Gasteiger partial charge in [-0.2, -0.15) is 5.10 Å². The van der Waals surface area contributed by atoms with E-state index in [9.17, 15) is 4.79 Å². The van der Waals surface area contributed by atoms with Crippen LogP contribution in [0, 0.1) is 5.92 Å². The van der Waals surface area contributed by atoms with E-state index in [0.717, 1.165) is 16.8 Å². The summed E-state index contributed by atoms with van der Waals surface area (Å²) in [7, 11) is 0. The molecule has 118 valence electrons. The normalized spacial score (nSPS) is 19.4. The number of benzene rings is 1. The molecule has 0 aliphatic carbocycles. The molecule has 0 radical (unpaired) electrons. The lowest BCUT2D eigenvalue weighted by molar-refractivity contribution is -0.138. The van der Waals surface area contributed by atoms with Crippen molar-refractivity contribution >= 4 is 23.2 Å². The minimum atomic E-state index is -0.129. The van der Waals surface area contributed by atoms with Crippen LogP contribution in [0.2, 0.25) is 5.02 Å². The Morgan fingerprint density at radius 2 is 1.83 bits per heavy atom. The van der Waals surface area contributed by atoms with Crippen molar-refractivity contribution in [2.45, 2.75) is 26.3 Å². The van der Waals surface area contributed by atoms with Crippen LogP contribution in [0.15, 0.2) is 53.9 Å². The molecule has 4 nitrogen and oxygen atoms in total. The molecule has 23 heavy (non-hydrogen) atoms. The summed E-state index contributed by atoms with van der Waals surface area (Å²) >= 11 is 5.95. The first kappa shape index (κ1) is 15.7. The fourth-order valence-electron chi connectivity index (χ4n) is 2.70. The monoisotopic (exact) mass is 327 g/mol. The van der Waals surface area contributed by atoms with Gasteiger partial charge in [-0.15, -0.1) is 0 Å². The Balaban J connectivity index is 1.95. The second-order valence-corrected chi connectivity index (χ2v) is 6.23. The maximum absolute atomic E-state index is 12.6. The van der Waals surface area contributed by atoms with Gasteiger partial charge in [0.05, 0.1) is 11.8 Å². The molecule has 0 bridgehead atoms. The lowest BCUT2D eigenvalue weighted by atomic mass is 9.95. The van der Waals surface area contributed by atoms with Crippen LogP contribution in [-0.2, 0) is 4.79 Å². The molecule has 2 heterocycles. The molecule has 1 aromatic heterocycles. The molecule has 3 rings (SSSR count). The molecule has 0 fully saturated rings. The highest BCUT2D eigenvalue weighted by molar-refractivity contribution is 6.30. The first-order valence-corrected chi connectivity index (χ1v) is 8.00. The molecule has 5 heteroatoms. The van der Waals surface area contributed by atoms with E-state index >= 15 is 0 Å². The van der Waals surface area contributed by atoms with E-state index in [1.807, 2.05) is 50.2 Å². The van der Waals surface area contributed by atoms with E-state index in [1.165, 1.54) is 0 Å². The second kappa shape index (κ2) is 6.50. The van der Waals surface area contributed by atoms with Gasteiger partial charge in [-0.3, -0.25) is 9.78 Å². The predicted octanol–water partition coefficient (Wildman–Crippen LogP) is 4.07. The predicted molar refractivity (Wildman–Crippen MR) is 91.3 cm³/mol. The molecule has 0 spiro atoms. The van der Waals surface area contributed by atoms with Crippen LogP contribution >= 0.6 is 11.6 Å². The number of pyridine rings is 1. The Kier molecular flexibility index (Phi) is 4.44. The first-order valence-electron chi connectivity index (χ1n) is 7.62. The van der Waals surface area contributed by atoms with Crippen molar-refractivity contribution < 1.29 is 4.79 Å². The van der Waals surface area contributed by atoms with Gasteiger partial charge in [-0.25, -0.2) is 5.01 Å². The zero-order valence-corrected chi connectivity index (χ0v) is 13.9. The number of carbonyl (C=O) groups is 1. The van der Waals surface area contributed by atoms with Crippen molar-refractivity contribution in [3.63, 3.8) is 0 Å². The van der Waals surface area contributed by atoms with Gasteiger partial charge in [0.1, 0.15) is 0 Å². The molecule has 2 aromatic rings. The number of hydrogen-bond donors (Lipinski definition) is 0. The van der Waals surface area contributed by atoms with Gasteiger partial charge in [0.15, 0.2) is 0 Å². The van der Waals surface area contributed by atoms with Crippen LogP contribution in [0.5, 0.6) is 0 Å². The molecule has 1 aliphatic rings. The fraction of sp³-hybridized carbons (Fsp3) is 0.278. The second-order valence-electron chi connectivity index (χ2n) is 5.80. The van der Waals surface area contributed by atoms with Gasteiger partial charge in [-0.05, 0) is 42.3 Å². The zero-order valence-electron chi connectivity index (χ0n) is 13.1. The van der Waals surface area contributed by atoms with E-state index in [2.05, 4.69) is 10.1 Å². The molecule has 1 aliphatic heterocycles. The summed E-state index contributed by atoms with van der Waals surface area (Å²) in [6, 6.07) is 11.3. The van der Waals surface area contributed by atoms with Gasteiger partial charge in [0, 0.05) is 29.8 Å². The molecule has 1 aromatic carbocycles. The Labute approximate surface area is 140 Å². The van der Waals surface area contributed by atoms with Gasteiger partial charge < -0.3 is 0 Å². The van der Waals surface area contributed by atoms with Crippen LogP contribution in [0.25, 0.3) is 0 Å². The number of hydrogen-bond acceptors (Lipinski definition) is 3. The summed E-state index contributed by atoms with van der Waals surface area (Å²) in [6.45, 7) is 3.92.